The van der Waals surface area contributed by atoms with E-state index in [-0.39, 0.29) is 12.2 Å². The van der Waals surface area contributed by atoms with Gasteiger partial charge in [-0.2, -0.15) is 0 Å². The molecular formula is C20H24N2O2. The minimum Gasteiger partial charge on any atom is -0.446 e. The van der Waals surface area contributed by atoms with Gasteiger partial charge in [-0.15, -0.1) is 0 Å². The molecule has 0 aliphatic carbocycles. The smallest absolute Gasteiger partial charge is 0.407 e. The van der Waals surface area contributed by atoms with Crippen molar-refractivity contribution < 1.29 is 9.53 Å². The average molecular weight is 324 g/mol. The minimum absolute atomic E-state index is 0.0211. The summed E-state index contributed by atoms with van der Waals surface area (Å²) in [7, 11) is 0. The van der Waals surface area contributed by atoms with Gasteiger partial charge in [0.05, 0.1) is 0 Å². The van der Waals surface area contributed by atoms with Gasteiger partial charge in [-0.05, 0) is 24.0 Å². The van der Waals surface area contributed by atoms with Gasteiger partial charge in [-0.25, -0.2) is 4.79 Å². The number of nitrogens with zero attached hydrogens (tertiary/aromatic N) is 1. The van der Waals surface area contributed by atoms with E-state index in [0.29, 0.717) is 6.54 Å². The van der Waals surface area contributed by atoms with E-state index in [0.717, 1.165) is 38.0 Å². The lowest BCUT2D eigenvalue weighted by atomic mass is 10.1. The van der Waals surface area contributed by atoms with Crippen LogP contribution in [0.25, 0.3) is 0 Å². The van der Waals surface area contributed by atoms with E-state index in [1.807, 2.05) is 36.4 Å². The molecule has 2 aromatic carbocycles. The highest BCUT2D eigenvalue weighted by molar-refractivity contribution is 5.67. The van der Waals surface area contributed by atoms with Gasteiger partial charge in [0.1, 0.15) is 6.10 Å². The highest BCUT2D eigenvalue weighted by Crippen LogP contribution is 2.16. The molecule has 4 heteroatoms. The second kappa shape index (κ2) is 8.50. The monoisotopic (exact) mass is 324 g/mol. The van der Waals surface area contributed by atoms with Gasteiger partial charge in [-0.1, -0.05) is 60.7 Å². The molecule has 0 aromatic heterocycles. The van der Waals surface area contributed by atoms with Gasteiger partial charge in [-0.3, -0.25) is 4.90 Å². The van der Waals surface area contributed by atoms with Gasteiger partial charge in [0.15, 0.2) is 0 Å². The Bertz CT molecular complexity index is 623. The lowest BCUT2D eigenvalue weighted by molar-refractivity contribution is 0.0485. The number of benzene rings is 2. The highest BCUT2D eigenvalue weighted by atomic mass is 16.6. The van der Waals surface area contributed by atoms with E-state index in [1.54, 1.807) is 0 Å². The van der Waals surface area contributed by atoms with Crippen molar-refractivity contribution in [3.63, 3.8) is 0 Å². The summed E-state index contributed by atoms with van der Waals surface area (Å²) in [6.07, 6.45) is 1.49. The number of nitrogens with one attached hydrogen (secondary N) is 1. The van der Waals surface area contributed by atoms with Crippen LogP contribution in [-0.4, -0.2) is 30.2 Å². The molecule has 1 fully saturated rings. The fraction of sp³-hybridized carbons (Fsp3) is 0.350. The molecule has 1 amide bonds. The lowest BCUT2D eigenvalue weighted by Gasteiger charge is -2.31. The number of hydrogen-bond donors (Lipinski definition) is 1. The SMILES string of the molecule is O=C(NCc1ccccc1)OC1CCN(Cc2ccccc2)CC1. The van der Waals surface area contributed by atoms with Crippen LogP contribution in [0, 0.1) is 0 Å². The lowest BCUT2D eigenvalue weighted by Crippen LogP contribution is -2.39. The predicted molar refractivity (Wildman–Crippen MR) is 94.5 cm³/mol. The molecule has 0 bridgehead atoms. The number of ether oxygens (including phenoxy) is 1. The third kappa shape index (κ3) is 5.10. The van der Waals surface area contributed by atoms with E-state index in [4.69, 9.17) is 4.74 Å². The number of rotatable bonds is 5. The van der Waals surface area contributed by atoms with Crippen LogP contribution in [0.3, 0.4) is 0 Å². The topological polar surface area (TPSA) is 41.6 Å². The standard InChI is InChI=1S/C20H24N2O2/c23-20(21-15-17-7-3-1-4-8-17)24-19-11-13-22(14-12-19)16-18-9-5-2-6-10-18/h1-10,19H,11-16H2,(H,21,23). The molecule has 1 heterocycles. The van der Waals surface area contributed by atoms with Crippen molar-refractivity contribution in [3.05, 3.63) is 71.8 Å². The molecule has 2 aromatic rings. The van der Waals surface area contributed by atoms with Crippen molar-refractivity contribution in [2.75, 3.05) is 13.1 Å². The van der Waals surface area contributed by atoms with Crippen LogP contribution >= 0.6 is 0 Å². The first-order valence-corrected chi connectivity index (χ1v) is 8.54. The Labute approximate surface area is 143 Å². The molecule has 1 aliphatic rings. The van der Waals surface area contributed by atoms with E-state index < -0.39 is 0 Å². The summed E-state index contributed by atoms with van der Waals surface area (Å²) in [6.45, 7) is 3.40. The van der Waals surface area contributed by atoms with Crippen molar-refractivity contribution in [2.24, 2.45) is 0 Å². The largest absolute Gasteiger partial charge is 0.446 e. The van der Waals surface area contributed by atoms with Gasteiger partial charge in [0.25, 0.3) is 0 Å². The zero-order chi connectivity index (χ0) is 16.6. The van der Waals surface area contributed by atoms with Crippen LogP contribution in [0.2, 0.25) is 0 Å². The van der Waals surface area contributed by atoms with E-state index in [2.05, 4.69) is 34.5 Å². The molecule has 1 N–H and O–H groups in total. The Balaban J connectivity index is 1.36. The molecule has 1 saturated heterocycles. The minimum atomic E-state index is -0.319. The fourth-order valence-electron chi connectivity index (χ4n) is 2.99. The Morgan fingerprint density at radius 1 is 0.958 bits per heavy atom. The number of amides is 1. The first kappa shape index (κ1) is 16.5. The third-order valence-electron chi connectivity index (χ3n) is 4.34. The summed E-state index contributed by atoms with van der Waals surface area (Å²) < 4.78 is 5.53. The van der Waals surface area contributed by atoms with Crippen molar-refractivity contribution in [2.45, 2.75) is 32.0 Å². The molecule has 24 heavy (non-hydrogen) atoms. The number of alkyl carbamates (subject to hydrolysis) is 1. The second-order valence-corrected chi connectivity index (χ2v) is 6.21. The Morgan fingerprint density at radius 3 is 2.17 bits per heavy atom. The summed E-state index contributed by atoms with van der Waals surface area (Å²) >= 11 is 0. The molecule has 3 rings (SSSR count). The van der Waals surface area contributed by atoms with Crippen molar-refractivity contribution >= 4 is 6.09 Å². The Morgan fingerprint density at radius 2 is 1.54 bits per heavy atom. The van der Waals surface area contributed by atoms with Crippen LogP contribution in [-0.2, 0) is 17.8 Å². The normalized spacial score (nSPS) is 15.8. The maximum absolute atomic E-state index is 11.9. The maximum atomic E-state index is 11.9. The zero-order valence-corrected chi connectivity index (χ0v) is 13.9. The van der Waals surface area contributed by atoms with Crippen LogP contribution < -0.4 is 5.32 Å². The van der Waals surface area contributed by atoms with E-state index >= 15 is 0 Å². The molecular weight excluding hydrogens is 300 g/mol. The van der Waals surface area contributed by atoms with Crippen LogP contribution in [0.4, 0.5) is 4.79 Å². The van der Waals surface area contributed by atoms with E-state index in [9.17, 15) is 4.79 Å². The fourth-order valence-corrected chi connectivity index (χ4v) is 2.99. The van der Waals surface area contributed by atoms with Crippen LogP contribution in [0.5, 0.6) is 0 Å². The van der Waals surface area contributed by atoms with Crippen molar-refractivity contribution in [1.82, 2.24) is 10.2 Å². The summed E-state index contributed by atoms with van der Waals surface area (Å²) in [5, 5.41) is 2.82. The number of carbonyl (C=O) groups is 1. The second-order valence-electron chi connectivity index (χ2n) is 6.21. The van der Waals surface area contributed by atoms with Gasteiger partial charge in [0, 0.05) is 26.2 Å². The summed E-state index contributed by atoms with van der Waals surface area (Å²) in [5.74, 6) is 0. The number of likely N-dealkylation sites (tertiary alicyclic amines) is 1. The maximum Gasteiger partial charge on any atom is 0.407 e. The number of carbonyl (C=O) groups excluding carboxylic acids is 1. The van der Waals surface area contributed by atoms with Crippen molar-refractivity contribution in [3.8, 4) is 0 Å². The number of hydrogen-bond acceptors (Lipinski definition) is 3. The van der Waals surface area contributed by atoms with E-state index in [1.165, 1.54) is 5.56 Å². The Hall–Kier alpha value is -2.33. The summed E-state index contributed by atoms with van der Waals surface area (Å²) in [4.78, 5) is 14.3. The third-order valence-corrected chi connectivity index (χ3v) is 4.34. The first-order valence-electron chi connectivity index (χ1n) is 8.54. The Kier molecular flexibility index (Phi) is 5.85. The number of piperidine rings is 1. The van der Waals surface area contributed by atoms with Crippen molar-refractivity contribution in [1.29, 1.82) is 0 Å². The summed E-state index contributed by atoms with van der Waals surface area (Å²) in [5.41, 5.74) is 2.41. The first-order chi connectivity index (χ1) is 11.8. The van der Waals surface area contributed by atoms with Crippen LogP contribution in [0.1, 0.15) is 24.0 Å². The average Bonchev–Trinajstić information content (AvgIpc) is 2.63. The highest BCUT2D eigenvalue weighted by Gasteiger charge is 2.22. The molecule has 126 valence electrons. The molecule has 0 radical (unpaired) electrons. The molecule has 0 saturated carbocycles. The molecule has 1 aliphatic heterocycles. The summed E-state index contributed by atoms with van der Waals surface area (Å²) in [6, 6.07) is 20.4. The zero-order valence-electron chi connectivity index (χ0n) is 13.9. The molecule has 4 nitrogen and oxygen atoms in total. The molecule has 0 unspecified atom stereocenters. The predicted octanol–water partition coefficient (Wildman–Crippen LogP) is 3.58. The van der Waals surface area contributed by atoms with Gasteiger partial charge < -0.3 is 10.1 Å². The van der Waals surface area contributed by atoms with Gasteiger partial charge >= 0.3 is 6.09 Å². The molecule has 0 atom stereocenters. The quantitative estimate of drug-likeness (QED) is 0.914. The molecule has 0 spiro atoms. The van der Waals surface area contributed by atoms with Gasteiger partial charge in [0.2, 0.25) is 0 Å². The van der Waals surface area contributed by atoms with Crippen LogP contribution in [0.15, 0.2) is 60.7 Å².